The van der Waals surface area contributed by atoms with Crippen LogP contribution in [0.5, 0.6) is 5.75 Å². The van der Waals surface area contributed by atoms with Crippen LogP contribution in [0.3, 0.4) is 0 Å². The Morgan fingerprint density at radius 2 is 2.26 bits per heavy atom. The second-order valence-electron chi connectivity index (χ2n) is 5.43. The van der Waals surface area contributed by atoms with E-state index in [0.29, 0.717) is 17.9 Å². The average Bonchev–Trinajstić information content (AvgIpc) is 2.78. The third-order valence-corrected chi connectivity index (χ3v) is 4.85. The fourth-order valence-corrected chi connectivity index (χ4v) is 3.36. The molecule has 1 aromatic rings. The third kappa shape index (κ3) is 2.79. The van der Waals surface area contributed by atoms with E-state index in [2.05, 4.69) is 32.8 Å². The normalized spacial score (nSPS) is 28.5. The molecule has 0 bridgehead atoms. The third-order valence-electron chi connectivity index (χ3n) is 4.08. The maximum atomic E-state index is 9.59. The number of phenols is 1. The van der Waals surface area contributed by atoms with Gasteiger partial charge in [-0.05, 0) is 30.8 Å². The van der Waals surface area contributed by atoms with Crippen LogP contribution >= 0.6 is 15.9 Å². The topological polar surface area (TPSA) is 35.9 Å². The van der Waals surface area contributed by atoms with Gasteiger partial charge < -0.3 is 9.84 Å². The van der Waals surface area contributed by atoms with Crippen molar-refractivity contribution in [1.82, 2.24) is 9.80 Å². The molecule has 4 nitrogen and oxygen atoms in total. The van der Waals surface area contributed by atoms with Crippen LogP contribution in [0.15, 0.2) is 22.7 Å². The van der Waals surface area contributed by atoms with E-state index < -0.39 is 0 Å². The Morgan fingerprint density at radius 1 is 1.42 bits per heavy atom. The first-order valence-corrected chi connectivity index (χ1v) is 7.44. The van der Waals surface area contributed by atoms with E-state index in [9.17, 15) is 5.11 Å². The van der Waals surface area contributed by atoms with Gasteiger partial charge in [-0.25, -0.2) is 0 Å². The van der Waals surface area contributed by atoms with Gasteiger partial charge in [0.25, 0.3) is 0 Å². The summed E-state index contributed by atoms with van der Waals surface area (Å²) in [6.45, 7) is 4.70. The number of rotatable bonds is 2. The molecule has 0 radical (unpaired) electrons. The van der Waals surface area contributed by atoms with E-state index in [1.54, 1.807) is 6.07 Å². The van der Waals surface area contributed by atoms with E-state index in [4.69, 9.17) is 4.74 Å². The summed E-state index contributed by atoms with van der Waals surface area (Å²) >= 11 is 3.55. The molecule has 1 N–H and O–H groups in total. The van der Waals surface area contributed by atoms with Crippen LogP contribution in [-0.2, 0) is 11.3 Å². The summed E-state index contributed by atoms with van der Waals surface area (Å²) < 4.78 is 6.90. The molecule has 104 valence electrons. The van der Waals surface area contributed by atoms with Gasteiger partial charge in [0.1, 0.15) is 5.75 Å². The summed E-state index contributed by atoms with van der Waals surface area (Å²) in [5.74, 6) is 0.322. The number of morpholine rings is 1. The first kappa shape index (κ1) is 13.4. The van der Waals surface area contributed by atoms with E-state index in [-0.39, 0.29) is 0 Å². The van der Waals surface area contributed by atoms with Gasteiger partial charge in [-0.3, -0.25) is 9.80 Å². The summed E-state index contributed by atoms with van der Waals surface area (Å²) in [6.07, 6.45) is 0.329. The molecule has 0 aromatic heterocycles. The molecule has 2 fully saturated rings. The highest BCUT2D eigenvalue weighted by Gasteiger charge is 2.38. The van der Waals surface area contributed by atoms with Crippen LogP contribution in [0.2, 0.25) is 0 Å². The predicted molar refractivity (Wildman–Crippen MR) is 77.2 cm³/mol. The summed E-state index contributed by atoms with van der Waals surface area (Å²) in [7, 11) is 2.17. The van der Waals surface area contributed by atoms with Crippen molar-refractivity contribution < 1.29 is 9.84 Å². The molecule has 0 aliphatic carbocycles. The minimum Gasteiger partial charge on any atom is -0.508 e. The Labute approximate surface area is 122 Å². The van der Waals surface area contributed by atoms with Gasteiger partial charge in [-0.1, -0.05) is 15.9 Å². The van der Waals surface area contributed by atoms with Crippen LogP contribution in [0.25, 0.3) is 0 Å². The van der Waals surface area contributed by atoms with E-state index >= 15 is 0 Å². The van der Waals surface area contributed by atoms with Crippen molar-refractivity contribution in [3.8, 4) is 5.75 Å². The molecule has 0 saturated carbocycles. The number of hydrogen-bond acceptors (Lipinski definition) is 4. The molecular weight excluding hydrogens is 308 g/mol. The highest BCUT2D eigenvalue weighted by atomic mass is 79.9. The van der Waals surface area contributed by atoms with E-state index in [1.807, 2.05) is 12.1 Å². The fraction of sp³-hybridized carbons (Fsp3) is 0.571. The summed E-state index contributed by atoms with van der Waals surface area (Å²) in [6, 6.07) is 5.94. The number of aromatic hydroxyl groups is 1. The van der Waals surface area contributed by atoms with Crippen molar-refractivity contribution >= 4 is 15.9 Å². The summed E-state index contributed by atoms with van der Waals surface area (Å²) in [5, 5.41) is 9.59. The molecule has 3 rings (SSSR count). The summed E-state index contributed by atoms with van der Waals surface area (Å²) in [5.41, 5.74) is 1.13. The highest BCUT2D eigenvalue weighted by molar-refractivity contribution is 9.10. The van der Waals surface area contributed by atoms with Crippen LogP contribution in [0, 0.1) is 0 Å². The molecule has 0 amide bonds. The van der Waals surface area contributed by atoms with E-state index in [0.717, 1.165) is 42.8 Å². The summed E-state index contributed by atoms with van der Waals surface area (Å²) in [4.78, 5) is 4.79. The Balaban J connectivity index is 1.70. The van der Waals surface area contributed by atoms with Crippen molar-refractivity contribution in [3.05, 3.63) is 28.2 Å². The molecule has 2 atom stereocenters. The zero-order chi connectivity index (χ0) is 13.4. The molecule has 0 spiro atoms. The molecule has 2 heterocycles. The van der Waals surface area contributed by atoms with Crippen LogP contribution < -0.4 is 0 Å². The van der Waals surface area contributed by atoms with E-state index in [1.165, 1.54) is 0 Å². The highest BCUT2D eigenvalue weighted by Crippen LogP contribution is 2.27. The lowest BCUT2D eigenvalue weighted by molar-refractivity contribution is -0.0370. The molecule has 5 heteroatoms. The molecule has 2 aliphatic rings. The number of halogens is 1. The van der Waals surface area contributed by atoms with Gasteiger partial charge in [0.15, 0.2) is 0 Å². The smallest absolute Gasteiger partial charge is 0.115 e. The molecule has 0 unspecified atom stereocenters. The van der Waals surface area contributed by atoms with Gasteiger partial charge in [-0.15, -0.1) is 0 Å². The molecule has 2 aliphatic heterocycles. The van der Waals surface area contributed by atoms with Gasteiger partial charge in [0.05, 0.1) is 12.7 Å². The zero-order valence-electron chi connectivity index (χ0n) is 11.1. The lowest BCUT2D eigenvalue weighted by Crippen LogP contribution is -2.48. The number of likely N-dealkylation sites (N-methyl/N-ethyl adjacent to an activating group) is 1. The lowest BCUT2D eigenvalue weighted by atomic mass is 10.1. The van der Waals surface area contributed by atoms with Gasteiger partial charge >= 0.3 is 0 Å². The molecule has 2 saturated heterocycles. The van der Waals surface area contributed by atoms with Crippen molar-refractivity contribution in [2.24, 2.45) is 0 Å². The predicted octanol–water partition coefficient (Wildman–Crippen LogP) is 1.67. The number of nitrogens with zero attached hydrogens (tertiary/aromatic N) is 2. The second-order valence-corrected chi connectivity index (χ2v) is 6.28. The minimum absolute atomic E-state index is 0.322. The Bertz CT molecular complexity index is 469. The van der Waals surface area contributed by atoms with Crippen molar-refractivity contribution in [3.63, 3.8) is 0 Å². The number of ether oxygens (including phenoxy) is 1. The van der Waals surface area contributed by atoms with Crippen molar-refractivity contribution in [2.45, 2.75) is 18.7 Å². The van der Waals surface area contributed by atoms with Crippen molar-refractivity contribution in [2.75, 3.05) is 33.3 Å². The average molecular weight is 327 g/mol. The monoisotopic (exact) mass is 326 g/mol. The standard InChI is InChI=1S/C14H19BrN2O2/c1-16-4-5-19-14-9-17(8-13(14)16)7-10-6-11(18)2-3-12(10)15/h2-3,6,13-14,18H,4-5,7-9H2,1H3/t13-,14-/m1/s1. The largest absolute Gasteiger partial charge is 0.508 e. The molecule has 19 heavy (non-hydrogen) atoms. The maximum Gasteiger partial charge on any atom is 0.115 e. The fourth-order valence-electron chi connectivity index (χ4n) is 2.99. The quantitative estimate of drug-likeness (QED) is 0.896. The van der Waals surface area contributed by atoms with Gasteiger partial charge in [-0.2, -0.15) is 0 Å². The Kier molecular flexibility index (Phi) is 3.80. The number of benzene rings is 1. The number of fused-ring (bicyclic) bond motifs is 1. The Morgan fingerprint density at radius 3 is 3.05 bits per heavy atom. The minimum atomic E-state index is 0.322. The zero-order valence-corrected chi connectivity index (χ0v) is 12.6. The van der Waals surface area contributed by atoms with Crippen LogP contribution in [0.4, 0.5) is 0 Å². The van der Waals surface area contributed by atoms with Gasteiger partial charge in [0, 0.05) is 36.7 Å². The number of phenolic OH excluding ortho intramolecular Hbond substituents is 1. The SMILES string of the molecule is CN1CCO[C@@H]2CN(Cc3cc(O)ccc3Br)C[C@H]21. The molecule has 1 aromatic carbocycles. The van der Waals surface area contributed by atoms with Gasteiger partial charge in [0.2, 0.25) is 0 Å². The lowest BCUT2D eigenvalue weighted by Gasteiger charge is -2.33. The maximum absolute atomic E-state index is 9.59. The van der Waals surface area contributed by atoms with Crippen LogP contribution in [0.1, 0.15) is 5.56 Å². The van der Waals surface area contributed by atoms with Crippen LogP contribution in [-0.4, -0.2) is 60.3 Å². The number of likely N-dealkylation sites (tertiary alicyclic amines) is 1. The number of hydrogen-bond donors (Lipinski definition) is 1. The first-order chi connectivity index (χ1) is 9.13. The Hall–Kier alpha value is -0.620. The molecular formula is C14H19BrN2O2. The first-order valence-electron chi connectivity index (χ1n) is 6.65. The van der Waals surface area contributed by atoms with Crippen molar-refractivity contribution in [1.29, 1.82) is 0 Å². The second kappa shape index (κ2) is 5.40.